The quantitative estimate of drug-likeness (QED) is 0.840. The number of anilines is 1. The molecular weight excluding hydrogens is 344 g/mol. The third-order valence-electron chi connectivity index (χ3n) is 4.38. The standard InChI is InChI=1S/C17H17ClN4OS/c1-2-24-17-20-16-19-12-8-5-9-13(23)14(12)15(22(16)21-17)10-6-3-4-7-11(10)18/h3-4,6-8,14-15H,2,5,9H2,1H3,(H,19,20,21)/t14-,15-/m1/s1. The molecule has 0 saturated carbocycles. The number of thioether (sulfide) groups is 1. The molecule has 2 atom stereocenters. The van der Waals surface area contributed by atoms with Gasteiger partial charge in [-0.3, -0.25) is 4.79 Å². The van der Waals surface area contributed by atoms with Crippen LogP contribution in [-0.2, 0) is 4.79 Å². The molecule has 7 heteroatoms. The number of hydrogen-bond acceptors (Lipinski definition) is 5. The highest BCUT2D eigenvalue weighted by Gasteiger charge is 2.42. The molecule has 1 aromatic carbocycles. The fourth-order valence-corrected chi connectivity index (χ4v) is 4.17. The molecule has 2 aromatic rings. The minimum absolute atomic E-state index is 0.218. The van der Waals surface area contributed by atoms with E-state index in [2.05, 4.69) is 28.4 Å². The normalized spacial score (nSPS) is 22.4. The largest absolute Gasteiger partial charge is 0.328 e. The summed E-state index contributed by atoms with van der Waals surface area (Å²) in [6.45, 7) is 2.06. The molecular formula is C17H17ClN4OS. The molecule has 2 aliphatic rings. The van der Waals surface area contributed by atoms with Gasteiger partial charge in [0, 0.05) is 17.1 Å². The number of halogens is 1. The molecule has 2 heterocycles. The van der Waals surface area contributed by atoms with Gasteiger partial charge in [0.05, 0.1) is 12.0 Å². The van der Waals surface area contributed by atoms with Gasteiger partial charge >= 0.3 is 0 Å². The van der Waals surface area contributed by atoms with Crippen molar-refractivity contribution < 1.29 is 4.79 Å². The first-order valence-electron chi connectivity index (χ1n) is 8.02. The number of allylic oxidation sites excluding steroid dienone is 2. The smallest absolute Gasteiger partial charge is 0.227 e. The number of Topliss-reactive ketones (excluding diaryl/α,β-unsaturated/α-hetero) is 1. The number of ketones is 1. The highest BCUT2D eigenvalue weighted by molar-refractivity contribution is 7.99. The number of rotatable bonds is 3. The van der Waals surface area contributed by atoms with Gasteiger partial charge in [-0.1, -0.05) is 54.6 Å². The van der Waals surface area contributed by atoms with Gasteiger partial charge in [-0.2, -0.15) is 4.98 Å². The summed E-state index contributed by atoms with van der Waals surface area (Å²) in [7, 11) is 0. The van der Waals surface area contributed by atoms with Crippen molar-refractivity contribution in [3.8, 4) is 0 Å². The molecule has 0 saturated heterocycles. The molecule has 1 aliphatic heterocycles. The van der Waals surface area contributed by atoms with E-state index in [1.807, 2.05) is 28.9 Å². The van der Waals surface area contributed by atoms with E-state index in [-0.39, 0.29) is 17.7 Å². The zero-order valence-electron chi connectivity index (χ0n) is 13.2. The SMILES string of the molecule is CCSc1nc2n(n1)[C@H](c1ccccc1Cl)[C@H]1C(=O)CCC=C1N2. The van der Waals surface area contributed by atoms with Crippen molar-refractivity contribution in [2.75, 3.05) is 11.1 Å². The Morgan fingerprint density at radius 3 is 3.04 bits per heavy atom. The Labute approximate surface area is 149 Å². The minimum Gasteiger partial charge on any atom is -0.328 e. The van der Waals surface area contributed by atoms with Crippen LogP contribution in [0.2, 0.25) is 5.02 Å². The Kier molecular flexibility index (Phi) is 4.10. The summed E-state index contributed by atoms with van der Waals surface area (Å²) >= 11 is 8.04. The zero-order chi connectivity index (χ0) is 16.7. The molecule has 5 nitrogen and oxygen atoms in total. The van der Waals surface area contributed by atoms with Gasteiger partial charge in [0.25, 0.3) is 0 Å². The highest BCUT2D eigenvalue weighted by Crippen LogP contribution is 2.43. The van der Waals surface area contributed by atoms with Gasteiger partial charge in [0.15, 0.2) is 0 Å². The molecule has 4 rings (SSSR count). The summed E-state index contributed by atoms with van der Waals surface area (Å²) in [5, 5.41) is 9.29. The van der Waals surface area contributed by atoms with E-state index in [1.54, 1.807) is 11.8 Å². The number of benzene rings is 1. The van der Waals surface area contributed by atoms with Gasteiger partial charge in [-0.05, 0) is 23.8 Å². The van der Waals surface area contributed by atoms with Crippen molar-refractivity contribution in [3.63, 3.8) is 0 Å². The number of carbonyl (C=O) groups excluding carboxylic acids is 1. The van der Waals surface area contributed by atoms with Crippen LogP contribution >= 0.6 is 23.4 Å². The maximum absolute atomic E-state index is 12.7. The van der Waals surface area contributed by atoms with Crippen LogP contribution in [0.4, 0.5) is 5.95 Å². The van der Waals surface area contributed by atoms with Crippen molar-refractivity contribution >= 4 is 35.1 Å². The van der Waals surface area contributed by atoms with Crippen molar-refractivity contribution in [2.24, 2.45) is 5.92 Å². The van der Waals surface area contributed by atoms with Crippen molar-refractivity contribution in [1.82, 2.24) is 14.8 Å². The summed E-state index contributed by atoms with van der Waals surface area (Å²) in [6.07, 6.45) is 3.41. The van der Waals surface area contributed by atoms with E-state index in [0.717, 1.165) is 23.4 Å². The predicted molar refractivity (Wildman–Crippen MR) is 95.4 cm³/mol. The predicted octanol–water partition coefficient (Wildman–Crippen LogP) is 3.92. The number of fused-ring (bicyclic) bond motifs is 2. The summed E-state index contributed by atoms with van der Waals surface area (Å²) in [4.78, 5) is 17.2. The second kappa shape index (κ2) is 6.26. The van der Waals surface area contributed by atoms with Crippen LogP contribution in [0.25, 0.3) is 0 Å². The fourth-order valence-electron chi connectivity index (χ4n) is 3.37. The topological polar surface area (TPSA) is 59.8 Å². The van der Waals surface area contributed by atoms with Gasteiger partial charge in [0.1, 0.15) is 5.78 Å². The molecule has 1 aliphatic carbocycles. The lowest BCUT2D eigenvalue weighted by Crippen LogP contribution is -2.38. The molecule has 0 fully saturated rings. The van der Waals surface area contributed by atoms with E-state index in [0.29, 0.717) is 22.5 Å². The maximum Gasteiger partial charge on any atom is 0.227 e. The summed E-state index contributed by atoms with van der Waals surface area (Å²) in [5.41, 5.74) is 1.83. The summed E-state index contributed by atoms with van der Waals surface area (Å²) < 4.78 is 1.82. The third kappa shape index (κ3) is 2.54. The Morgan fingerprint density at radius 1 is 1.42 bits per heavy atom. The molecule has 0 radical (unpaired) electrons. The molecule has 0 amide bonds. The third-order valence-corrected chi connectivity index (χ3v) is 5.45. The molecule has 1 N–H and O–H groups in total. The summed E-state index contributed by atoms with van der Waals surface area (Å²) in [6, 6.07) is 7.41. The van der Waals surface area contributed by atoms with E-state index in [4.69, 9.17) is 11.6 Å². The first-order valence-corrected chi connectivity index (χ1v) is 9.39. The van der Waals surface area contributed by atoms with Crippen LogP contribution in [0, 0.1) is 5.92 Å². The average Bonchev–Trinajstić information content (AvgIpc) is 2.96. The van der Waals surface area contributed by atoms with Crippen LogP contribution in [0.3, 0.4) is 0 Å². The van der Waals surface area contributed by atoms with Crippen molar-refractivity contribution in [1.29, 1.82) is 0 Å². The summed E-state index contributed by atoms with van der Waals surface area (Å²) in [5.74, 6) is 1.50. The molecule has 0 bridgehead atoms. The monoisotopic (exact) mass is 360 g/mol. The fraction of sp³-hybridized carbons (Fsp3) is 0.353. The van der Waals surface area contributed by atoms with Crippen molar-refractivity contribution in [3.05, 3.63) is 46.6 Å². The minimum atomic E-state index is -0.285. The Hall–Kier alpha value is -1.79. The van der Waals surface area contributed by atoms with Gasteiger partial charge < -0.3 is 5.32 Å². The van der Waals surface area contributed by atoms with Crippen LogP contribution in [0.15, 0.2) is 41.2 Å². The zero-order valence-corrected chi connectivity index (χ0v) is 14.8. The van der Waals surface area contributed by atoms with Gasteiger partial charge in [-0.15, -0.1) is 5.10 Å². The number of carbonyl (C=O) groups is 1. The first kappa shape index (κ1) is 15.7. The van der Waals surface area contributed by atoms with Crippen LogP contribution < -0.4 is 5.32 Å². The van der Waals surface area contributed by atoms with Crippen LogP contribution in [0.1, 0.15) is 31.4 Å². The average molecular weight is 361 g/mol. The lowest BCUT2D eigenvalue weighted by atomic mass is 9.81. The maximum atomic E-state index is 12.7. The van der Waals surface area contributed by atoms with Crippen LogP contribution in [-0.4, -0.2) is 26.3 Å². The molecule has 0 unspecified atom stereocenters. The molecule has 0 spiro atoms. The number of nitrogens with zero attached hydrogens (tertiary/aromatic N) is 3. The number of aromatic nitrogens is 3. The second-order valence-electron chi connectivity index (χ2n) is 5.83. The molecule has 124 valence electrons. The second-order valence-corrected chi connectivity index (χ2v) is 7.47. The van der Waals surface area contributed by atoms with Gasteiger partial charge in [-0.25, -0.2) is 4.68 Å². The van der Waals surface area contributed by atoms with Gasteiger partial charge in [0.2, 0.25) is 11.1 Å². The molecule has 24 heavy (non-hydrogen) atoms. The lowest BCUT2D eigenvalue weighted by Gasteiger charge is -2.36. The number of hydrogen-bond donors (Lipinski definition) is 1. The van der Waals surface area contributed by atoms with E-state index in [9.17, 15) is 4.79 Å². The Bertz CT molecular complexity index is 832. The highest BCUT2D eigenvalue weighted by atomic mass is 35.5. The Morgan fingerprint density at radius 2 is 2.25 bits per heavy atom. The molecule has 1 aromatic heterocycles. The van der Waals surface area contributed by atoms with Crippen molar-refractivity contribution in [2.45, 2.75) is 31.0 Å². The Balaban J connectivity index is 1.90. The van der Waals surface area contributed by atoms with E-state index in [1.165, 1.54) is 0 Å². The number of nitrogens with one attached hydrogen (secondary N) is 1. The van der Waals surface area contributed by atoms with E-state index < -0.39 is 0 Å². The lowest BCUT2D eigenvalue weighted by molar-refractivity contribution is -0.123. The first-order chi connectivity index (χ1) is 11.7. The van der Waals surface area contributed by atoms with E-state index >= 15 is 0 Å². The van der Waals surface area contributed by atoms with Crippen LogP contribution in [0.5, 0.6) is 0 Å².